The van der Waals surface area contributed by atoms with Crippen LogP contribution in [0.2, 0.25) is 0 Å². The van der Waals surface area contributed by atoms with Crippen LogP contribution in [-0.2, 0) is 19.1 Å². The largest absolute Gasteiger partial charge is 0.481 e. The first-order valence-electron chi connectivity index (χ1n) is 5.57. The molecule has 0 heterocycles. The number of carbonyl (C=O) groups is 3. The molecule has 102 valence electrons. The first-order valence-corrected chi connectivity index (χ1v) is 5.57. The van der Waals surface area contributed by atoms with Crippen LogP contribution in [0.25, 0.3) is 0 Å². The van der Waals surface area contributed by atoms with Crippen LogP contribution < -0.4 is 0 Å². The molecule has 0 amide bonds. The van der Waals surface area contributed by atoms with Crippen molar-refractivity contribution in [3.8, 4) is 0 Å². The number of ether oxygens (including phenoxy) is 1. The minimum absolute atomic E-state index is 0.0477. The van der Waals surface area contributed by atoms with E-state index in [1.807, 2.05) is 0 Å². The Morgan fingerprint density at radius 2 is 2.11 bits per heavy atom. The molecule has 1 atom stereocenters. The Kier molecular flexibility index (Phi) is 4.63. The van der Waals surface area contributed by atoms with Crippen molar-refractivity contribution >= 4 is 17.9 Å². The number of aliphatic carboxylic acids is 2. The summed E-state index contributed by atoms with van der Waals surface area (Å²) in [5, 5.41) is 18.4. The van der Waals surface area contributed by atoms with E-state index in [1.165, 1.54) is 12.2 Å². The minimum atomic E-state index is -1.57. The standard InChI is InChI=1S/C13H14O6/c1-2-10(14)19-8-7-13(12(17)18)6-4-3-5-9(13)11(15)16/h2-5H,1,6-8H2,(H,15,16)(H,17,18). The van der Waals surface area contributed by atoms with Gasteiger partial charge in [-0.25, -0.2) is 9.59 Å². The van der Waals surface area contributed by atoms with E-state index in [9.17, 15) is 19.5 Å². The second kappa shape index (κ2) is 5.99. The molecule has 0 aromatic rings. The second-order valence-electron chi connectivity index (χ2n) is 4.03. The fraction of sp³-hybridized carbons (Fsp3) is 0.308. The van der Waals surface area contributed by atoms with Gasteiger partial charge in [-0.05, 0) is 6.42 Å². The van der Waals surface area contributed by atoms with E-state index in [4.69, 9.17) is 9.84 Å². The van der Waals surface area contributed by atoms with Crippen LogP contribution in [0.4, 0.5) is 0 Å². The van der Waals surface area contributed by atoms with Crippen LogP contribution in [-0.4, -0.2) is 34.7 Å². The fourth-order valence-corrected chi connectivity index (χ4v) is 1.91. The third-order valence-corrected chi connectivity index (χ3v) is 2.96. The number of hydrogen-bond acceptors (Lipinski definition) is 4. The highest BCUT2D eigenvalue weighted by atomic mass is 16.5. The molecular weight excluding hydrogens is 252 g/mol. The Bertz CT molecular complexity index is 474. The van der Waals surface area contributed by atoms with Crippen molar-refractivity contribution in [1.82, 2.24) is 0 Å². The van der Waals surface area contributed by atoms with Gasteiger partial charge >= 0.3 is 17.9 Å². The summed E-state index contributed by atoms with van der Waals surface area (Å²) in [5.41, 5.74) is -1.78. The number of allylic oxidation sites excluding steroid dienone is 3. The van der Waals surface area contributed by atoms with Gasteiger partial charge in [-0.1, -0.05) is 24.8 Å². The molecular formula is C13H14O6. The quantitative estimate of drug-likeness (QED) is 0.552. The molecule has 6 nitrogen and oxygen atoms in total. The zero-order valence-corrected chi connectivity index (χ0v) is 10.2. The summed E-state index contributed by atoms with van der Waals surface area (Å²) in [6.45, 7) is 3.03. The number of esters is 1. The van der Waals surface area contributed by atoms with E-state index in [0.717, 1.165) is 6.08 Å². The van der Waals surface area contributed by atoms with Crippen molar-refractivity contribution in [1.29, 1.82) is 0 Å². The zero-order chi connectivity index (χ0) is 14.5. The van der Waals surface area contributed by atoms with E-state index < -0.39 is 23.3 Å². The van der Waals surface area contributed by atoms with E-state index >= 15 is 0 Å². The van der Waals surface area contributed by atoms with Gasteiger partial charge in [-0.15, -0.1) is 0 Å². The molecule has 6 heteroatoms. The Hall–Kier alpha value is -2.37. The summed E-state index contributed by atoms with van der Waals surface area (Å²) in [5.74, 6) is -3.21. The molecule has 2 N–H and O–H groups in total. The first-order chi connectivity index (χ1) is 8.94. The molecule has 1 aliphatic rings. The molecule has 0 saturated carbocycles. The topological polar surface area (TPSA) is 101 Å². The van der Waals surface area contributed by atoms with Gasteiger partial charge in [-0.2, -0.15) is 0 Å². The van der Waals surface area contributed by atoms with Crippen LogP contribution in [0, 0.1) is 5.41 Å². The van der Waals surface area contributed by atoms with E-state index in [-0.39, 0.29) is 25.0 Å². The fourth-order valence-electron chi connectivity index (χ4n) is 1.91. The van der Waals surface area contributed by atoms with E-state index in [0.29, 0.717) is 0 Å². The predicted molar refractivity (Wildman–Crippen MR) is 65.3 cm³/mol. The van der Waals surface area contributed by atoms with Crippen LogP contribution in [0.3, 0.4) is 0 Å². The normalized spacial score (nSPS) is 21.4. The lowest BCUT2D eigenvalue weighted by Crippen LogP contribution is -2.38. The summed E-state index contributed by atoms with van der Waals surface area (Å²) >= 11 is 0. The number of rotatable bonds is 6. The molecule has 19 heavy (non-hydrogen) atoms. The molecule has 0 radical (unpaired) electrons. The second-order valence-corrected chi connectivity index (χ2v) is 4.03. The van der Waals surface area contributed by atoms with Crippen LogP contribution >= 0.6 is 0 Å². The van der Waals surface area contributed by atoms with Gasteiger partial charge < -0.3 is 14.9 Å². The van der Waals surface area contributed by atoms with Gasteiger partial charge in [0, 0.05) is 12.5 Å². The van der Waals surface area contributed by atoms with Gasteiger partial charge in [0.05, 0.1) is 12.2 Å². The highest BCUT2D eigenvalue weighted by Gasteiger charge is 2.45. The third-order valence-electron chi connectivity index (χ3n) is 2.96. The third kappa shape index (κ3) is 3.09. The molecule has 0 aromatic heterocycles. The number of carboxylic acid groups (broad SMARTS) is 2. The van der Waals surface area contributed by atoms with Crippen molar-refractivity contribution in [2.45, 2.75) is 12.8 Å². The van der Waals surface area contributed by atoms with Gasteiger partial charge in [0.2, 0.25) is 0 Å². The Labute approximate surface area is 109 Å². The maximum atomic E-state index is 11.4. The molecule has 1 rings (SSSR count). The predicted octanol–water partition coefficient (Wildman–Crippen LogP) is 1.15. The highest BCUT2D eigenvalue weighted by Crippen LogP contribution is 2.39. The van der Waals surface area contributed by atoms with Crippen LogP contribution in [0.5, 0.6) is 0 Å². The first kappa shape index (κ1) is 14.7. The average molecular weight is 266 g/mol. The minimum Gasteiger partial charge on any atom is -0.481 e. The monoisotopic (exact) mass is 266 g/mol. The van der Waals surface area contributed by atoms with Crippen molar-refractivity contribution in [3.05, 3.63) is 36.5 Å². The van der Waals surface area contributed by atoms with E-state index in [2.05, 4.69) is 6.58 Å². The van der Waals surface area contributed by atoms with Crippen molar-refractivity contribution in [2.75, 3.05) is 6.61 Å². The lowest BCUT2D eigenvalue weighted by molar-refractivity contribution is -0.152. The molecule has 0 bridgehead atoms. The lowest BCUT2D eigenvalue weighted by Gasteiger charge is -2.30. The summed E-state index contributed by atoms with van der Waals surface area (Å²) < 4.78 is 4.73. The average Bonchev–Trinajstić information content (AvgIpc) is 2.38. The SMILES string of the molecule is C=CC(=O)OCCC1(C(=O)O)CC=CC=C1C(=O)O. The maximum Gasteiger partial charge on any atom is 0.332 e. The molecule has 1 unspecified atom stereocenters. The van der Waals surface area contributed by atoms with Gasteiger partial charge in [0.15, 0.2) is 0 Å². The summed E-state index contributed by atoms with van der Waals surface area (Å²) in [6, 6.07) is 0. The highest BCUT2D eigenvalue weighted by molar-refractivity contribution is 5.97. The molecule has 0 spiro atoms. The Morgan fingerprint density at radius 1 is 1.42 bits per heavy atom. The number of hydrogen-bond donors (Lipinski definition) is 2. The van der Waals surface area contributed by atoms with Crippen molar-refractivity contribution in [3.63, 3.8) is 0 Å². The Morgan fingerprint density at radius 3 is 2.63 bits per heavy atom. The van der Waals surface area contributed by atoms with E-state index in [1.54, 1.807) is 6.08 Å². The Balaban J connectivity index is 2.92. The van der Waals surface area contributed by atoms with Gasteiger partial charge in [0.1, 0.15) is 5.41 Å². The lowest BCUT2D eigenvalue weighted by atomic mass is 9.72. The van der Waals surface area contributed by atoms with Crippen LogP contribution in [0.1, 0.15) is 12.8 Å². The summed E-state index contributed by atoms with van der Waals surface area (Å²) in [7, 11) is 0. The molecule has 0 fully saturated rings. The van der Waals surface area contributed by atoms with Crippen molar-refractivity contribution < 1.29 is 29.3 Å². The number of carboxylic acids is 2. The molecule has 1 aliphatic carbocycles. The molecule has 0 aliphatic heterocycles. The van der Waals surface area contributed by atoms with Gasteiger partial charge in [-0.3, -0.25) is 4.79 Å². The number of carbonyl (C=O) groups excluding carboxylic acids is 1. The molecule has 0 saturated heterocycles. The summed E-state index contributed by atoms with van der Waals surface area (Å²) in [6.07, 6.45) is 5.24. The maximum absolute atomic E-state index is 11.4. The van der Waals surface area contributed by atoms with Crippen LogP contribution in [0.15, 0.2) is 36.5 Å². The molecule has 0 aromatic carbocycles. The zero-order valence-electron chi connectivity index (χ0n) is 10.2. The van der Waals surface area contributed by atoms with Crippen molar-refractivity contribution in [2.24, 2.45) is 5.41 Å². The smallest absolute Gasteiger partial charge is 0.332 e. The summed E-state index contributed by atoms with van der Waals surface area (Å²) in [4.78, 5) is 33.5. The van der Waals surface area contributed by atoms with Gasteiger partial charge in [0.25, 0.3) is 0 Å².